The highest BCUT2D eigenvalue weighted by molar-refractivity contribution is 5.84. The molecule has 66 valence electrons. The molecule has 1 amide bonds. The molecule has 0 radical (unpaired) electrons. The molecule has 0 bridgehead atoms. The van der Waals surface area contributed by atoms with Crippen LogP contribution in [0.15, 0.2) is 0 Å². The molecule has 0 saturated carbocycles. The summed E-state index contributed by atoms with van der Waals surface area (Å²) in [7, 11) is 0. The van der Waals surface area contributed by atoms with Gasteiger partial charge in [0.25, 0.3) is 0 Å². The molecule has 0 aliphatic heterocycles. The van der Waals surface area contributed by atoms with E-state index in [0.29, 0.717) is 6.42 Å². The van der Waals surface area contributed by atoms with E-state index in [4.69, 9.17) is 11.5 Å². The average molecular weight is 169 g/mol. The van der Waals surface area contributed by atoms with Crippen LogP contribution in [0.4, 0.5) is 0 Å². The number of carboxylic acid groups (broad SMARTS) is 1. The van der Waals surface area contributed by atoms with Crippen LogP contribution in [-0.2, 0) is 9.59 Å². The molecule has 0 unspecified atom stereocenters. The summed E-state index contributed by atoms with van der Waals surface area (Å²) in [5.41, 5.74) is 0. The Hall–Kier alpha value is -1.50. The van der Waals surface area contributed by atoms with Gasteiger partial charge in [0.05, 0.1) is 6.42 Å². The van der Waals surface area contributed by atoms with E-state index < -0.39 is 17.9 Å². The highest BCUT2D eigenvalue weighted by atomic mass is 16.4. The molecule has 0 fully saturated rings. The third kappa shape index (κ3) is 3.62. The first-order valence-electron chi connectivity index (χ1n) is 3.57. The number of hydrogen-bond donors (Lipinski definition) is 2. The summed E-state index contributed by atoms with van der Waals surface area (Å²) in [6.07, 6.45) is 5.14. The van der Waals surface area contributed by atoms with Crippen LogP contribution in [0.3, 0.4) is 0 Å². The average Bonchev–Trinajstić information content (AvgIpc) is 2.00. The Morgan fingerprint density at radius 3 is 2.58 bits per heavy atom. The van der Waals surface area contributed by atoms with Crippen molar-refractivity contribution in [1.29, 1.82) is 0 Å². The van der Waals surface area contributed by atoms with Gasteiger partial charge in [-0.3, -0.25) is 4.79 Å². The van der Waals surface area contributed by atoms with Crippen molar-refractivity contribution in [1.82, 2.24) is 5.32 Å². The molecule has 0 heterocycles. The van der Waals surface area contributed by atoms with E-state index in [1.165, 1.54) is 0 Å². The van der Waals surface area contributed by atoms with Gasteiger partial charge in [0.2, 0.25) is 5.91 Å². The van der Waals surface area contributed by atoms with E-state index >= 15 is 0 Å². The van der Waals surface area contributed by atoms with Crippen LogP contribution >= 0.6 is 0 Å². The Balaban J connectivity index is 3.96. The third-order valence-electron chi connectivity index (χ3n) is 1.30. The predicted octanol–water partition coefficient (Wildman–Crippen LogP) is -0.0109. The SMILES string of the molecule is C#CCC(=O)N[C@H](CC)C(=O)O. The highest BCUT2D eigenvalue weighted by Crippen LogP contribution is 1.91. The fourth-order valence-electron chi connectivity index (χ4n) is 0.676. The molecule has 0 aromatic heterocycles. The van der Waals surface area contributed by atoms with Gasteiger partial charge in [-0.2, -0.15) is 0 Å². The van der Waals surface area contributed by atoms with E-state index in [2.05, 4.69) is 11.2 Å². The quantitative estimate of drug-likeness (QED) is 0.581. The number of rotatable bonds is 4. The third-order valence-corrected chi connectivity index (χ3v) is 1.30. The molecular formula is C8H11NO3. The summed E-state index contributed by atoms with van der Waals surface area (Å²) < 4.78 is 0. The minimum Gasteiger partial charge on any atom is -0.480 e. The minimum atomic E-state index is -1.04. The first-order valence-corrected chi connectivity index (χ1v) is 3.57. The van der Waals surface area contributed by atoms with Gasteiger partial charge in [0, 0.05) is 0 Å². The smallest absolute Gasteiger partial charge is 0.326 e. The van der Waals surface area contributed by atoms with E-state index in [0.717, 1.165) is 0 Å². The second kappa shape index (κ2) is 5.19. The number of carbonyl (C=O) groups is 2. The highest BCUT2D eigenvalue weighted by Gasteiger charge is 2.16. The summed E-state index contributed by atoms with van der Waals surface area (Å²) in [5.74, 6) is 0.668. The normalized spacial score (nSPS) is 11.3. The summed E-state index contributed by atoms with van der Waals surface area (Å²) >= 11 is 0. The van der Waals surface area contributed by atoms with E-state index in [-0.39, 0.29) is 6.42 Å². The zero-order valence-electron chi connectivity index (χ0n) is 6.83. The Morgan fingerprint density at radius 2 is 2.25 bits per heavy atom. The van der Waals surface area contributed by atoms with Gasteiger partial charge in [-0.1, -0.05) is 12.8 Å². The van der Waals surface area contributed by atoms with Gasteiger partial charge in [-0.25, -0.2) is 4.79 Å². The van der Waals surface area contributed by atoms with Gasteiger partial charge in [0.1, 0.15) is 6.04 Å². The number of amides is 1. The van der Waals surface area contributed by atoms with Crippen LogP contribution in [-0.4, -0.2) is 23.0 Å². The lowest BCUT2D eigenvalue weighted by atomic mass is 10.2. The van der Waals surface area contributed by atoms with Crippen LogP contribution < -0.4 is 5.32 Å². The van der Waals surface area contributed by atoms with E-state index in [1.54, 1.807) is 6.92 Å². The largest absolute Gasteiger partial charge is 0.480 e. The van der Waals surface area contributed by atoms with Crippen molar-refractivity contribution in [2.24, 2.45) is 0 Å². The number of nitrogens with one attached hydrogen (secondary N) is 1. The van der Waals surface area contributed by atoms with Gasteiger partial charge < -0.3 is 10.4 Å². The Kier molecular flexibility index (Phi) is 4.54. The van der Waals surface area contributed by atoms with Crippen molar-refractivity contribution in [2.45, 2.75) is 25.8 Å². The van der Waals surface area contributed by atoms with Crippen LogP contribution in [0.25, 0.3) is 0 Å². The van der Waals surface area contributed by atoms with Gasteiger partial charge >= 0.3 is 5.97 Å². The van der Waals surface area contributed by atoms with Crippen molar-refractivity contribution >= 4 is 11.9 Å². The number of carboxylic acids is 1. The maximum Gasteiger partial charge on any atom is 0.326 e. The monoisotopic (exact) mass is 169 g/mol. The van der Waals surface area contributed by atoms with Crippen molar-refractivity contribution in [3.05, 3.63) is 0 Å². The lowest BCUT2D eigenvalue weighted by molar-refractivity contribution is -0.141. The van der Waals surface area contributed by atoms with Gasteiger partial charge in [-0.05, 0) is 6.42 Å². The fourth-order valence-corrected chi connectivity index (χ4v) is 0.676. The molecule has 0 spiro atoms. The summed E-state index contributed by atoms with van der Waals surface area (Å²) in [6.45, 7) is 1.68. The van der Waals surface area contributed by atoms with Crippen LogP contribution in [0.1, 0.15) is 19.8 Å². The molecule has 4 nitrogen and oxygen atoms in total. The predicted molar refractivity (Wildman–Crippen MR) is 43.3 cm³/mol. The fraction of sp³-hybridized carbons (Fsp3) is 0.500. The standard InChI is InChI=1S/C8H11NO3/c1-3-5-7(10)9-6(4-2)8(11)12/h1,6H,4-5H2,2H3,(H,9,10)(H,11,12)/t6-/m1/s1. The molecule has 0 aliphatic rings. The lowest BCUT2D eigenvalue weighted by Gasteiger charge is -2.10. The van der Waals surface area contributed by atoms with Crippen LogP contribution in [0, 0.1) is 12.3 Å². The number of terminal acetylenes is 1. The maximum absolute atomic E-state index is 10.8. The van der Waals surface area contributed by atoms with Crippen molar-refractivity contribution in [3.8, 4) is 12.3 Å². The topological polar surface area (TPSA) is 66.4 Å². The second-order valence-electron chi connectivity index (χ2n) is 2.25. The van der Waals surface area contributed by atoms with E-state index in [9.17, 15) is 9.59 Å². The number of aliphatic carboxylic acids is 1. The lowest BCUT2D eigenvalue weighted by Crippen LogP contribution is -2.39. The Labute approximate surface area is 71.0 Å². The molecule has 0 rings (SSSR count). The van der Waals surface area contributed by atoms with Crippen molar-refractivity contribution < 1.29 is 14.7 Å². The van der Waals surface area contributed by atoms with Crippen LogP contribution in [0.2, 0.25) is 0 Å². The van der Waals surface area contributed by atoms with Crippen LogP contribution in [0.5, 0.6) is 0 Å². The molecule has 0 aromatic rings. The first kappa shape index (κ1) is 10.5. The molecule has 0 saturated heterocycles. The van der Waals surface area contributed by atoms with Crippen molar-refractivity contribution in [2.75, 3.05) is 0 Å². The first-order chi connectivity index (χ1) is 5.61. The zero-order chi connectivity index (χ0) is 9.56. The molecule has 2 N–H and O–H groups in total. The van der Waals surface area contributed by atoms with E-state index in [1.807, 2.05) is 0 Å². The minimum absolute atomic E-state index is 0.0796. The molecular weight excluding hydrogens is 158 g/mol. The molecule has 4 heteroatoms. The summed E-state index contributed by atoms with van der Waals surface area (Å²) in [5, 5.41) is 10.8. The van der Waals surface area contributed by atoms with Crippen molar-refractivity contribution in [3.63, 3.8) is 0 Å². The summed E-state index contributed by atoms with van der Waals surface area (Å²) in [6, 6.07) is -0.828. The Morgan fingerprint density at radius 1 is 1.67 bits per heavy atom. The molecule has 0 aliphatic carbocycles. The number of carbonyl (C=O) groups excluding carboxylic acids is 1. The Bertz CT molecular complexity index is 217. The molecule has 12 heavy (non-hydrogen) atoms. The van der Waals surface area contributed by atoms with Gasteiger partial charge in [-0.15, -0.1) is 6.42 Å². The maximum atomic E-state index is 10.8. The summed E-state index contributed by atoms with van der Waals surface area (Å²) in [4.78, 5) is 21.2. The molecule has 0 aromatic carbocycles. The number of hydrogen-bond acceptors (Lipinski definition) is 2. The van der Waals surface area contributed by atoms with Gasteiger partial charge in [0.15, 0.2) is 0 Å². The second-order valence-corrected chi connectivity index (χ2v) is 2.25. The molecule has 1 atom stereocenters. The zero-order valence-corrected chi connectivity index (χ0v) is 6.83.